The van der Waals surface area contributed by atoms with Gasteiger partial charge in [0.05, 0.1) is 42.3 Å². The lowest BCUT2D eigenvalue weighted by molar-refractivity contribution is -0.122. The predicted octanol–water partition coefficient (Wildman–Crippen LogP) is 6.68. The fourth-order valence-corrected chi connectivity index (χ4v) is 4.60. The molecule has 0 saturated carbocycles. The van der Waals surface area contributed by atoms with Crippen molar-refractivity contribution >= 4 is 52.1 Å². The van der Waals surface area contributed by atoms with Gasteiger partial charge in [0.2, 0.25) is 0 Å². The number of hydrogen-bond acceptors (Lipinski definition) is 5. The summed E-state index contributed by atoms with van der Waals surface area (Å²) < 4.78 is 10.5. The molecular formula is C26H22Cl2N2O3S. The highest BCUT2D eigenvalue weighted by atomic mass is 35.5. The second-order valence-corrected chi connectivity index (χ2v) is 9.29. The number of thioether (sulfide) groups is 1. The zero-order valence-electron chi connectivity index (χ0n) is 18.6. The Morgan fingerprint density at radius 1 is 0.882 bits per heavy atom. The number of aliphatic imine (C=N–C) groups is 1. The molecule has 0 spiro atoms. The summed E-state index contributed by atoms with van der Waals surface area (Å²) in [5.74, 6) is 1.44. The van der Waals surface area contributed by atoms with Crippen LogP contribution in [-0.2, 0) is 17.9 Å². The van der Waals surface area contributed by atoms with Gasteiger partial charge in [0.15, 0.2) is 5.17 Å². The summed E-state index contributed by atoms with van der Waals surface area (Å²) in [5.41, 5.74) is 2.79. The Bertz CT molecular complexity index is 1240. The average molecular weight is 513 g/mol. The highest BCUT2D eigenvalue weighted by Gasteiger charge is 2.33. The predicted molar refractivity (Wildman–Crippen MR) is 140 cm³/mol. The van der Waals surface area contributed by atoms with Crippen molar-refractivity contribution in [2.24, 2.45) is 4.99 Å². The smallest absolute Gasteiger partial charge is 0.267 e. The average Bonchev–Trinajstić information content (AvgIpc) is 3.15. The molecule has 1 aliphatic rings. The lowest BCUT2D eigenvalue weighted by Crippen LogP contribution is -2.28. The molecule has 0 aliphatic carbocycles. The number of halogens is 2. The molecule has 34 heavy (non-hydrogen) atoms. The Morgan fingerprint density at radius 3 is 2.09 bits per heavy atom. The first-order valence-corrected chi connectivity index (χ1v) is 12.0. The van der Waals surface area contributed by atoms with E-state index in [1.54, 1.807) is 31.3 Å². The van der Waals surface area contributed by atoms with Crippen molar-refractivity contribution in [3.63, 3.8) is 0 Å². The van der Waals surface area contributed by atoms with E-state index in [9.17, 15) is 4.79 Å². The molecule has 0 N–H and O–H groups in total. The second-order valence-electron chi connectivity index (χ2n) is 7.47. The van der Waals surface area contributed by atoms with Crippen molar-refractivity contribution in [3.05, 3.63) is 98.4 Å². The number of carbonyl (C=O) groups is 1. The van der Waals surface area contributed by atoms with Gasteiger partial charge >= 0.3 is 0 Å². The van der Waals surface area contributed by atoms with Crippen molar-refractivity contribution < 1.29 is 14.3 Å². The van der Waals surface area contributed by atoms with Crippen molar-refractivity contribution in [2.75, 3.05) is 14.2 Å². The van der Waals surface area contributed by atoms with Gasteiger partial charge in [-0.25, -0.2) is 0 Å². The third kappa shape index (κ3) is 5.76. The molecule has 174 valence electrons. The topological polar surface area (TPSA) is 51.1 Å². The van der Waals surface area contributed by atoms with Crippen LogP contribution in [0.2, 0.25) is 10.0 Å². The zero-order valence-corrected chi connectivity index (χ0v) is 21.0. The van der Waals surface area contributed by atoms with Gasteiger partial charge in [-0.3, -0.25) is 14.7 Å². The third-order valence-electron chi connectivity index (χ3n) is 5.19. The van der Waals surface area contributed by atoms with Gasteiger partial charge in [0.25, 0.3) is 5.91 Å². The summed E-state index contributed by atoms with van der Waals surface area (Å²) in [4.78, 5) is 20.4. The molecule has 8 heteroatoms. The summed E-state index contributed by atoms with van der Waals surface area (Å²) in [5, 5.41) is 1.55. The van der Waals surface area contributed by atoms with Gasteiger partial charge in [0, 0.05) is 0 Å². The number of carbonyl (C=O) groups excluding carboxylic acids is 1. The molecule has 1 saturated heterocycles. The number of amides is 1. The van der Waals surface area contributed by atoms with Crippen LogP contribution in [0.25, 0.3) is 6.08 Å². The summed E-state index contributed by atoms with van der Waals surface area (Å²) >= 11 is 13.5. The first kappa shape index (κ1) is 24.2. The molecule has 1 aliphatic heterocycles. The van der Waals surface area contributed by atoms with Crippen molar-refractivity contribution in [3.8, 4) is 11.5 Å². The Balaban J connectivity index is 1.62. The number of nitrogens with zero attached hydrogens (tertiary/aromatic N) is 2. The Morgan fingerprint density at radius 2 is 1.50 bits per heavy atom. The SMILES string of the molecule is COc1ccc(CN=C2S/C(=C\c3ccc(Cl)c(Cl)c3)C(=O)N2Cc2ccc(OC)cc2)cc1. The van der Waals surface area contributed by atoms with Crippen LogP contribution in [0, 0.1) is 0 Å². The second kappa shape index (κ2) is 11.0. The molecule has 5 nitrogen and oxygen atoms in total. The first-order chi connectivity index (χ1) is 16.5. The standard InChI is InChI=1S/C26H22Cl2N2O3S/c1-32-20-8-3-17(4-9-20)15-29-26-30(16-18-5-10-21(33-2)11-6-18)25(31)24(34-26)14-19-7-12-22(27)23(28)13-19/h3-14H,15-16H2,1-2H3/b24-14-,29-26?. The maximum atomic E-state index is 13.4. The molecule has 1 heterocycles. The Kier molecular flexibility index (Phi) is 7.83. The van der Waals surface area contributed by atoms with Crippen LogP contribution in [0.5, 0.6) is 11.5 Å². The third-order valence-corrected chi connectivity index (χ3v) is 6.97. The minimum Gasteiger partial charge on any atom is -0.497 e. The van der Waals surface area contributed by atoms with Gasteiger partial charge in [-0.2, -0.15) is 0 Å². The molecule has 4 rings (SSSR count). The van der Waals surface area contributed by atoms with Crippen LogP contribution in [-0.4, -0.2) is 30.2 Å². The molecule has 0 bridgehead atoms. The van der Waals surface area contributed by atoms with Gasteiger partial charge < -0.3 is 9.47 Å². The molecule has 0 radical (unpaired) electrons. The quantitative estimate of drug-likeness (QED) is 0.331. The van der Waals surface area contributed by atoms with Crippen LogP contribution in [0.3, 0.4) is 0 Å². The van der Waals surface area contributed by atoms with E-state index in [1.807, 2.05) is 60.7 Å². The molecule has 0 atom stereocenters. The molecule has 3 aromatic rings. The molecular weight excluding hydrogens is 491 g/mol. The van der Waals surface area contributed by atoms with E-state index in [1.165, 1.54) is 11.8 Å². The Hall–Kier alpha value is -2.93. The zero-order chi connectivity index (χ0) is 24.1. The minimum absolute atomic E-state index is 0.111. The molecule has 0 unspecified atom stereocenters. The number of rotatable bonds is 7. The highest BCUT2D eigenvalue weighted by Crippen LogP contribution is 2.35. The molecule has 3 aromatic carbocycles. The van der Waals surface area contributed by atoms with Crippen molar-refractivity contribution in [1.29, 1.82) is 0 Å². The van der Waals surface area contributed by atoms with Crippen molar-refractivity contribution in [1.82, 2.24) is 4.90 Å². The monoisotopic (exact) mass is 512 g/mol. The van der Waals surface area contributed by atoms with E-state index < -0.39 is 0 Å². The molecule has 0 aromatic heterocycles. The van der Waals surface area contributed by atoms with Gasteiger partial charge in [-0.15, -0.1) is 0 Å². The first-order valence-electron chi connectivity index (χ1n) is 10.4. The van der Waals surface area contributed by atoms with Crippen LogP contribution in [0.4, 0.5) is 0 Å². The van der Waals surface area contributed by atoms with Gasteiger partial charge in [-0.1, -0.05) is 53.5 Å². The number of methoxy groups -OCH3 is 2. The van der Waals surface area contributed by atoms with E-state index in [2.05, 4.69) is 0 Å². The summed E-state index contributed by atoms with van der Waals surface area (Å²) in [7, 11) is 3.26. The highest BCUT2D eigenvalue weighted by molar-refractivity contribution is 8.18. The largest absolute Gasteiger partial charge is 0.497 e. The minimum atomic E-state index is -0.111. The van der Waals surface area contributed by atoms with Crippen LogP contribution in [0.1, 0.15) is 16.7 Å². The van der Waals surface area contributed by atoms with Gasteiger partial charge in [0.1, 0.15) is 11.5 Å². The van der Waals surface area contributed by atoms with E-state index in [-0.39, 0.29) is 5.91 Å². The van der Waals surface area contributed by atoms with Crippen LogP contribution >= 0.6 is 35.0 Å². The normalized spacial score (nSPS) is 15.9. The molecule has 1 fully saturated rings. The fourth-order valence-electron chi connectivity index (χ4n) is 3.32. The number of amidine groups is 1. The number of ether oxygens (including phenoxy) is 2. The van der Waals surface area contributed by atoms with Gasteiger partial charge in [-0.05, 0) is 70.9 Å². The summed E-state index contributed by atoms with van der Waals surface area (Å²) in [6.07, 6.45) is 1.81. The van der Waals surface area contributed by atoms with E-state index in [0.717, 1.165) is 28.2 Å². The summed E-state index contributed by atoms with van der Waals surface area (Å²) in [6, 6.07) is 20.6. The lowest BCUT2D eigenvalue weighted by Gasteiger charge is -2.16. The number of hydrogen-bond donors (Lipinski definition) is 0. The molecule has 1 amide bonds. The maximum absolute atomic E-state index is 13.4. The van der Waals surface area contributed by atoms with E-state index >= 15 is 0 Å². The van der Waals surface area contributed by atoms with Crippen molar-refractivity contribution in [2.45, 2.75) is 13.1 Å². The lowest BCUT2D eigenvalue weighted by atomic mass is 10.2. The maximum Gasteiger partial charge on any atom is 0.267 e. The summed E-state index contributed by atoms with van der Waals surface area (Å²) in [6.45, 7) is 0.842. The fraction of sp³-hybridized carbons (Fsp3) is 0.154. The number of benzene rings is 3. The van der Waals surface area contributed by atoms with Crippen LogP contribution < -0.4 is 9.47 Å². The van der Waals surface area contributed by atoms with E-state index in [0.29, 0.717) is 33.2 Å². The Labute approximate surface area is 213 Å². The van der Waals surface area contributed by atoms with Crippen LogP contribution in [0.15, 0.2) is 76.6 Å². The van der Waals surface area contributed by atoms with E-state index in [4.69, 9.17) is 37.7 Å².